The standard InChI is InChI=1S/C10H17NO/c1-11-5-3-10(4-6-11)8-9(10)2-7-12/h7,9H,2-6,8H2,1H3. The van der Waals surface area contributed by atoms with Crippen molar-refractivity contribution in [1.29, 1.82) is 0 Å². The molecule has 1 saturated carbocycles. The minimum Gasteiger partial charge on any atom is -0.306 e. The summed E-state index contributed by atoms with van der Waals surface area (Å²) in [6.07, 6.45) is 5.87. The normalized spacial score (nSPS) is 33.6. The number of hydrogen-bond acceptors (Lipinski definition) is 2. The molecule has 1 atom stereocenters. The summed E-state index contributed by atoms with van der Waals surface area (Å²) < 4.78 is 0. The van der Waals surface area contributed by atoms with Gasteiger partial charge in [0.25, 0.3) is 0 Å². The minimum atomic E-state index is 0.605. The highest BCUT2D eigenvalue weighted by Crippen LogP contribution is 2.60. The first-order valence-corrected chi connectivity index (χ1v) is 4.89. The van der Waals surface area contributed by atoms with E-state index in [9.17, 15) is 4.79 Å². The van der Waals surface area contributed by atoms with Crippen molar-refractivity contribution in [3.63, 3.8) is 0 Å². The summed E-state index contributed by atoms with van der Waals surface area (Å²) in [4.78, 5) is 12.7. The predicted octanol–water partition coefficient (Wildman–Crippen LogP) is 1.31. The van der Waals surface area contributed by atoms with Gasteiger partial charge in [-0.05, 0) is 50.7 Å². The average molecular weight is 167 g/mol. The Bertz CT molecular complexity index is 182. The van der Waals surface area contributed by atoms with Crippen molar-refractivity contribution in [2.24, 2.45) is 11.3 Å². The molecule has 0 aromatic rings. The molecule has 1 aliphatic carbocycles. The third-order valence-electron chi connectivity index (χ3n) is 3.72. The molecular weight excluding hydrogens is 150 g/mol. The summed E-state index contributed by atoms with van der Waals surface area (Å²) in [6, 6.07) is 0. The van der Waals surface area contributed by atoms with Gasteiger partial charge in [-0.3, -0.25) is 0 Å². The number of nitrogens with zero attached hydrogens (tertiary/aromatic N) is 1. The van der Waals surface area contributed by atoms with E-state index in [0.29, 0.717) is 5.41 Å². The van der Waals surface area contributed by atoms with E-state index in [4.69, 9.17) is 0 Å². The molecule has 1 aliphatic heterocycles. The van der Waals surface area contributed by atoms with Crippen LogP contribution in [0.15, 0.2) is 0 Å². The molecule has 0 aromatic heterocycles. The van der Waals surface area contributed by atoms with E-state index in [-0.39, 0.29) is 0 Å². The first kappa shape index (κ1) is 8.24. The first-order chi connectivity index (χ1) is 5.77. The van der Waals surface area contributed by atoms with Crippen LogP contribution in [0.2, 0.25) is 0 Å². The minimum absolute atomic E-state index is 0.605. The van der Waals surface area contributed by atoms with Crippen molar-refractivity contribution >= 4 is 6.29 Å². The summed E-state index contributed by atoms with van der Waals surface area (Å²) in [7, 11) is 2.18. The summed E-state index contributed by atoms with van der Waals surface area (Å²) in [5, 5.41) is 0. The quantitative estimate of drug-likeness (QED) is 0.578. The van der Waals surface area contributed by atoms with Crippen LogP contribution in [0.5, 0.6) is 0 Å². The van der Waals surface area contributed by atoms with Crippen LogP contribution in [-0.2, 0) is 4.79 Å². The lowest BCUT2D eigenvalue weighted by atomic mass is 9.90. The first-order valence-electron chi connectivity index (χ1n) is 4.89. The van der Waals surface area contributed by atoms with Gasteiger partial charge >= 0.3 is 0 Å². The van der Waals surface area contributed by atoms with E-state index in [1.165, 1.54) is 32.4 Å². The molecule has 12 heavy (non-hydrogen) atoms. The van der Waals surface area contributed by atoms with Crippen LogP contribution >= 0.6 is 0 Å². The molecule has 0 bridgehead atoms. The number of piperidine rings is 1. The number of likely N-dealkylation sites (tertiary alicyclic amines) is 1. The zero-order valence-corrected chi connectivity index (χ0v) is 7.75. The average Bonchev–Trinajstić information content (AvgIpc) is 2.72. The van der Waals surface area contributed by atoms with Gasteiger partial charge in [-0.1, -0.05) is 0 Å². The lowest BCUT2D eigenvalue weighted by molar-refractivity contribution is -0.108. The van der Waals surface area contributed by atoms with E-state index in [2.05, 4.69) is 11.9 Å². The molecule has 68 valence electrons. The van der Waals surface area contributed by atoms with Crippen molar-refractivity contribution in [1.82, 2.24) is 4.90 Å². The Morgan fingerprint density at radius 1 is 1.50 bits per heavy atom. The lowest BCUT2D eigenvalue weighted by Crippen LogP contribution is -2.31. The van der Waals surface area contributed by atoms with Gasteiger partial charge in [-0.25, -0.2) is 0 Å². The van der Waals surface area contributed by atoms with E-state index in [1.807, 2.05) is 0 Å². The van der Waals surface area contributed by atoms with Crippen molar-refractivity contribution < 1.29 is 4.79 Å². The van der Waals surface area contributed by atoms with Crippen molar-refractivity contribution in [2.45, 2.75) is 25.7 Å². The zero-order valence-electron chi connectivity index (χ0n) is 7.75. The molecule has 0 N–H and O–H groups in total. The second-order valence-electron chi connectivity index (χ2n) is 4.47. The molecule has 1 heterocycles. The van der Waals surface area contributed by atoms with E-state index < -0.39 is 0 Å². The highest BCUT2D eigenvalue weighted by atomic mass is 16.1. The van der Waals surface area contributed by atoms with Crippen LogP contribution in [0, 0.1) is 11.3 Å². The van der Waals surface area contributed by atoms with Crippen LogP contribution in [0.25, 0.3) is 0 Å². The van der Waals surface area contributed by atoms with E-state index >= 15 is 0 Å². The fraction of sp³-hybridized carbons (Fsp3) is 0.900. The molecule has 2 fully saturated rings. The summed E-state index contributed by atoms with van der Waals surface area (Å²) >= 11 is 0. The Kier molecular flexibility index (Phi) is 1.95. The van der Waals surface area contributed by atoms with Crippen molar-refractivity contribution in [2.75, 3.05) is 20.1 Å². The van der Waals surface area contributed by atoms with Crippen LogP contribution in [-0.4, -0.2) is 31.3 Å². The molecule has 1 spiro atoms. The Labute approximate surface area is 73.9 Å². The molecule has 1 saturated heterocycles. The second kappa shape index (κ2) is 2.84. The van der Waals surface area contributed by atoms with Gasteiger partial charge in [0.05, 0.1) is 0 Å². The van der Waals surface area contributed by atoms with Crippen LogP contribution in [0.3, 0.4) is 0 Å². The van der Waals surface area contributed by atoms with E-state index in [0.717, 1.165) is 18.6 Å². The van der Waals surface area contributed by atoms with Gasteiger partial charge < -0.3 is 9.69 Å². The Hall–Kier alpha value is -0.370. The Morgan fingerprint density at radius 3 is 2.75 bits per heavy atom. The number of aldehydes is 1. The van der Waals surface area contributed by atoms with Gasteiger partial charge in [0.1, 0.15) is 6.29 Å². The fourth-order valence-electron chi connectivity index (χ4n) is 2.56. The van der Waals surface area contributed by atoms with Crippen LogP contribution in [0.4, 0.5) is 0 Å². The number of hydrogen-bond donors (Lipinski definition) is 0. The molecule has 2 aliphatic rings. The van der Waals surface area contributed by atoms with Crippen LogP contribution < -0.4 is 0 Å². The number of rotatable bonds is 2. The fourth-order valence-corrected chi connectivity index (χ4v) is 2.56. The van der Waals surface area contributed by atoms with Gasteiger partial charge in [0.15, 0.2) is 0 Å². The van der Waals surface area contributed by atoms with Crippen LogP contribution in [0.1, 0.15) is 25.7 Å². The summed E-state index contributed by atoms with van der Waals surface area (Å²) in [6.45, 7) is 2.46. The maximum atomic E-state index is 10.3. The SMILES string of the molecule is CN1CCC2(CC1)CC2CC=O. The summed E-state index contributed by atoms with van der Waals surface area (Å²) in [5.74, 6) is 0.740. The predicted molar refractivity (Wildman–Crippen MR) is 48.0 cm³/mol. The van der Waals surface area contributed by atoms with Gasteiger partial charge in [0, 0.05) is 6.42 Å². The Morgan fingerprint density at radius 2 is 2.17 bits per heavy atom. The highest BCUT2D eigenvalue weighted by Gasteiger charge is 2.53. The van der Waals surface area contributed by atoms with Gasteiger partial charge in [-0.15, -0.1) is 0 Å². The summed E-state index contributed by atoms with van der Waals surface area (Å²) in [5.41, 5.74) is 0.605. The van der Waals surface area contributed by atoms with Gasteiger partial charge in [0.2, 0.25) is 0 Å². The molecule has 0 amide bonds. The van der Waals surface area contributed by atoms with Crippen molar-refractivity contribution in [3.8, 4) is 0 Å². The number of carbonyl (C=O) groups excluding carboxylic acids is 1. The second-order valence-corrected chi connectivity index (χ2v) is 4.47. The van der Waals surface area contributed by atoms with Crippen molar-refractivity contribution in [3.05, 3.63) is 0 Å². The van der Waals surface area contributed by atoms with E-state index in [1.54, 1.807) is 0 Å². The topological polar surface area (TPSA) is 20.3 Å². The molecule has 2 heteroatoms. The third kappa shape index (κ3) is 1.28. The lowest BCUT2D eigenvalue weighted by Gasteiger charge is -2.29. The maximum absolute atomic E-state index is 10.3. The monoisotopic (exact) mass is 167 g/mol. The third-order valence-corrected chi connectivity index (χ3v) is 3.72. The molecule has 2 rings (SSSR count). The molecule has 1 unspecified atom stereocenters. The number of carbonyl (C=O) groups is 1. The molecule has 2 nitrogen and oxygen atoms in total. The van der Waals surface area contributed by atoms with Gasteiger partial charge in [-0.2, -0.15) is 0 Å². The Balaban J connectivity index is 1.86. The molecular formula is C10H17NO. The molecule has 0 radical (unpaired) electrons. The smallest absolute Gasteiger partial charge is 0.120 e. The molecule has 0 aromatic carbocycles. The highest BCUT2D eigenvalue weighted by molar-refractivity contribution is 5.51. The largest absolute Gasteiger partial charge is 0.306 e. The maximum Gasteiger partial charge on any atom is 0.120 e. The zero-order chi connectivity index (χ0) is 8.60.